The van der Waals surface area contributed by atoms with Crippen molar-refractivity contribution in [3.8, 4) is 0 Å². The van der Waals surface area contributed by atoms with Crippen molar-refractivity contribution in [3.63, 3.8) is 0 Å². The highest BCUT2D eigenvalue weighted by Crippen LogP contribution is 2.47. The highest BCUT2D eigenvalue weighted by molar-refractivity contribution is 5.47. The number of piperidine rings is 1. The van der Waals surface area contributed by atoms with Gasteiger partial charge in [-0.15, -0.1) is 0 Å². The van der Waals surface area contributed by atoms with Gasteiger partial charge in [-0.25, -0.2) is 0 Å². The number of nitrogens with one attached hydrogen (secondary N) is 1. The van der Waals surface area contributed by atoms with Crippen molar-refractivity contribution >= 4 is 6.41 Å². The van der Waals surface area contributed by atoms with Gasteiger partial charge < -0.3 is 5.32 Å². The lowest BCUT2D eigenvalue weighted by atomic mass is 9.68. The molecule has 4 heteroatoms. The van der Waals surface area contributed by atoms with Crippen LogP contribution in [0.15, 0.2) is 30.3 Å². The van der Waals surface area contributed by atoms with E-state index in [4.69, 9.17) is 4.84 Å². The van der Waals surface area contributed by atoms with Crippen LogP contribution < -0.4 is 5.32 Å². The molecule has 1 saturated heterocycles. The monoisotopic (exact) mass is 346 g/mol. The van der Waals surface area contributed by atoms with E-state index >= 15 is 0 Å². The van der Waals surface area contributed by atoms with E-state index in [1.165, 1.54) is 5.56 Å². The normalized spacial score (nSPS) is 34.5. The van der Waals surface area contributed by atoms with Crippen molar-refractivity contribution in [1.82, 2.24) is 10.4 Å². The van der Waals surface area contributed by atoms with E-state index in [2.05, 4.69) is 76.2 Å². The molecule has 5 unspecified atom stereocenters. The molecule has 0 radical (unpaired) electrons. The number of carbonyl (C=O) groups is 1. The Morgan fingerprint density at radius 3 is 2.44 bits per heavy atom. The second kappa shape index (κ2) is 7.88. The first-order valence-electron chi connectivity index (χ1n) is 9.54. The number of hydrogen-bond acceptors (Lipinski definition) is 3. The summed E-state index contributed by atoms with van der Waals surface area (Å²) >= 11 is 0. The lowest BCUT2D eigenvalue weighted by Crippen LogP contribution is -2.69. The summed E-state index contributed by atoms with van der Waals surface area (Å²) in [5.41, 5.74) is 0.911. The van der Waals surface area contributed by atoms with Crippen molar-refractivity contribution in [2.24, 2.45) is 5.92 Å². The molecule has 0 saturated carbocycles. The Balaban J connectivity index is 2.35. The molecule has 2 rings (SSSR count). The molecule has 0 spiro atoms. The van der Waals surface area contributed by atoms with Gasteiger partial charge in [0.25, 0.3) is 0 Å². The zero-order valence-electron chi connectivity index (χ0n) is 16.6. The van der Waals surface area contributed by atoms with Crippen molar-refractivity contribution in [1.29, 1.82) is 0 Å². The third-order valence-electron chi connectivity index (χ3n) is 6.49. The maximum absolute atomic E-state index is 11.1. The molecule has 1 aliphatic heterocycles. The second-order valence-electron chi connectivity index (χ2n) is 7.90. The maximum atomic E-state index is 11.1. The summed E-state index contributed by atoms with van der Waals surface area (Å²) in [6.45, 7) is 13.3. The van der Waals surface area contributed by atoms with Crippen molar-refractivity contribution < 1.29 is 9.63 Å². The predicted molar refractivity (Wildman–Crippen MR) is 102 cm³/mol. The number of hydrogen-bond donors (Lipinski definition) is 1. The van der Waals surface area contributed by atoms with E-state index in [0.717, 1.165) is 25.7 Å². The quantitative estimate of drug-likeness (QED) is 0.741. The fourth-order valence-electron chi connectivity index (χ4n) is 4.20. The largest absolute Gasteiger partial charge is 0.356 e. The number of amides is 1. The van der Waals surface area contributed by atoms with Gasteiger partial charge in [-0.05, 0) is 51.5 Å². The standard InChI is InChI=1S/C21H34N2O2/c1-7-20(5)14-19(22-15-24)16(3)21(6,8-2)23(20)25-17(4)18-12-10-9-11-13-18/h9-13,15-17,19H,7-8,14H2,1-6H3,(H,22,24). The summed E-state index contributed by atoms with van der Waals surface area (Å²) < 4.78 is 0. The van der Waals surface area contributed by atoms with Crippen LogP contribution in [0.5, 0.6) is 0 Å². The molecular formula is C21H34N2O2. The first kappa shape index (κ1) is 19.9. The molecule has 1 aromatic rings. The van der Waals surface area contributed by atoms with Gasteiger partial charge >= 0.3 is 0 Å². The Kier molecular flexibility index (Phi) is 6.28. The summed E-state index contributed by atoms with van der Waals surface area (Å²) in [6, 6.07) is 10.5. The predicted octanol–water partition coefficient (Wildman–Crippen LogP) is 4.47. The fourth-order valence-corrected chi connectivity index (χ4v) is 4.20. The van der Waals surface area contributed by atoms with E-state index in [-0.39, 0.29) is 23.2 Å². The molecule has 0 aromatic heterocycles. The average molecular weight is 347 g/mol. The average Bonchev–Trinajstić information content (AvgIpc) is 2.64. The molecule has 1 aromatic carbocycles. The number of carbonyl (C=O) groups excluding carboxylic acids is 1. The van der Waals surface area contributed by atoms with Crippen molar-refractivity contribution in [3.05, 3.63) is 35.9 Å². The van der Waals surface area contributed by atoms with Crippen molar-refractivity contribution in [2.45, 2.75) is 84.0 Å². The van der Waals surface area contributed by atoms with E-state index < -0.39 is 0 Å². The lowest BCUT2D eigenvalue weighted by molar-refractivity contribution is -0.327. The van der Waals surface area contributed by atoms with Crippen LogP contribution in [0.1, 0.15) is 72.5 Å². The first-order chi connectivity index (χ1) is 11.8. The molecule has 140 valence electrons. The van der Waals surface area contributed by atoms with Gasteiger partial charge in [-0.2, -0.15) is 5.06 Å². The third-order valence-corrected chi connectivity index (χ3v) is 6.49. The highest BCUT2D eigenvalue weighted by Gasteiger charge is 2.54. The highest BCUT2D eigenvalue weighted by atomic mass is 16.7. The Morgan fingerprint density at radius 2 is 1.92 bits per heavy atom. The molecule has 0 aliphatic carbocycles. The van der Waals surface area contributed by atoms with E-state index in [1.54, 1.807) is 0 Å². The summed E-state index contributed by atoms with van der Waals surface area (Å²) in [6.07, 6.45) is 3.65. The van der Waals surface area contributed by atoms with E-state index in [1.807, 2.05) is 6.07 Å². The maximum Gasteiger partial charge on any atom is 0.207 e. The zero-order chi connectivity index (χ0) is 18.7. The van der Waals surface area contributed by atoms with E-state index in [9.17, 15) is 4.79 Å². The van der Waals surface area contributed by atoms with Crippen molar-refractivity contribution in [2.75, 3.05) is 0 Å². The summed E-state index contributed by atoms with van der Waals surface area (Å²) in [5, 5.41) is 5.31. The minimum atomic E-state index is -0.146. The van der Waals surface area contributed by atoms with Crippen LogP contribution in [-0.4, -0.2) is 28.6 Å². The number of rotatable bonds is 7. The molecule has 1 heterocycles. The number of benzene rings is 1. The molecule has 0 bridgehead atoms. The fraction of sp³-hybridized carbons (Fsp3) is 0.667. The van der Waals surface area contributed by atoms with Gasteiger partial charge in [0.2, 0.25) is 6.41 Å². The lowest BCUT2D eigenvalue weighted by Gasteiger charge is -2.59. The Morgan fingerprint density at radius 1 is 1.28 bits per heavy atom. The number of hydroxylamine groups is 2. The molecular weight excluding hydrogens is 312 g/mol. The van der Waals surface area contributed by atoms with Gasteiger partial charge in [0.05, 0.1) is 0 Å². The van der Waals surface area contributed by atoms with Crippen LogP contribution in [0.2, 0.25) is 0 Å². The summed E-state index contributed by atoms with van der Waals surface area (Å²) in [7, 11) is 0. The molecule has 25 heavy (non-hydrogen) atoms. The van der Waals surface area contributed by atoms with Crippen LogP contribution in [0.4, 0.5) is 0 Å². The second-order valence-corrected chi connectivity index (χ2v) is 7.90. The molecule has 1 fully saturated rings. The van der Waals surface area contributed by atoms with Crippen LogP contribution in [0, 0.1) is 5.92 Å². The molecule has 5 atom stereocenters. The van der Waals surface area contributed by atoms with Gasteiger partial charge in [0.15, 0.2) is 0 Å². The molecule has 1 N–H and O–H groups in total. The minimum absolute atomic E-state index is 0.0132. The van der Waals surface area contributed by atoms with E-state index in [0.29, 0.717) is 5.92 Å². The zero-order valence-corrected chi connectivity index (χ0v) is 16.6. The van der Waals surface area contributed by atoms with Crippen LogP contribution in [0.25, 0.3) is 0 Å². The van der Waals surface area contributed by atoms with Crippen LogP contribution in [0.3, 0.4) is 0 Å². The molecule has 4 nitrogen and oxygen atoms in total. The van der Waals surface area contributed by atoms with Gasteiger partial charge in [0.1, 0.15) is 6.10 Å². The minimum Gasteiger partial charge on any atom is -0.356 e. The topological polar surface area (TPSA) is 41.6 Å². The SMILES string of the molecule is CCC1(C)CC(NC=O)C(C)C(C)(CC)N1OC(C)c1ccccc1. The molecule has 1 amide bonds. The Bertz CT molecular complexity index is 564. The first-order valence-corrected chi connectivity index (χ1v) is 9.54. The Labute approximate surface area is 152 Å². The van der Waals surface area contributed by atoms with Gasteiger partial charge in [-0.3, -0.25) is 9.63 Å². The van der Waals surface area contributed by atoms with Crippen LogP contribution in [-0.2, 0) is 9.63 Å². The summed E-state index contributed by atoms with van der Waals surface area (Å²) in [4.78, 5) is 17.7. The third kappa shape index (κ3) is 3.75. The Hall–Kier alpha value is -1.39. The smallest absolute Gasteiger partial charge is 0.207 e. The van der Waals surface area contributed by atoms with Crippen LogP contribution >= 0.6 is 0 Å². The molecule has 1 aliphatic rings. The van der Waals surface area contributed by atoms with Gasteiger partial charge in [0, 0.05) is 17.1 Å². The van der Waals surface area contributed by atoms with Gasteiger partial charge in [-0.1, -0.05) is 51.1 Å². The summed E-state index contributed by atoms with van der Waals surface area (Å²) in [5.74, 6) is 0.297. The number of nitrogens with zero attached hydrogens (tertiary/aromatic N) is 1.